The molecule has 0 aromatic carbocycles. The molecular weight excluding hydrogens is 425 g/mol. The smallest absolute Gasteiger partial charge is 0.271 e. The molecule has 30 heavy (non-hydrogen) atoms. The molecule has 3 rings (SSSR count). The van der Waals surface area contributed by atoms with E-state index in [1.54, 1.807) is 6.07 Å². The number of rotatable bonds is 5. The number of halogens is 2. The van der Waals surface area contributed by atoms with Gasteiger partial charge in [0.05, 0.1) is 10.7 Å². The van der Waals surface area contributed by atoms with Gasteiger partial charge in [0.25, 0.3) is 11.5 Å². The number of nitrogens with one attached hydrogen (secondary N) is 2. The van der Waals surface area contributed by atoms with Gasteiger partial charge in [0.2, 0.25) is 0 Å². The molecular formula is C21H27Cl2N5O2. The van der Waals surface area contributed by atoms with E-state index >= 15 is 0 Å². The summed E-state index contributed by atoms with van der Waals surface area (Å²) in [6.07, 6.45) is 2.00. The average molecular weight is 452 g/mol. The van der Waals surface area contributed by atoms with Crippen LogP contribution in [0.15, 0.2) is 16.9 Å². The highest BCUT2D eigenvalue weighted by Crippen LogP contribution is 2.33. The molecule has 1 amide bonds. The minimum absolute atomic E-state index is 0.0557. The Morgan fingerprint density at radius 3 is 2.60 bits per heavy atom. The lowest BCUT2D eigenvalue weighted by molar-refractivity contribution is 0.0946. The zero-order valence-electron chi connectivity index (χ0n) is 17.7. The second kappa shape index (κ2) is 9.37. The lowest BCUT2D eigenvalue weighted by Gasteiger charge is -2.36. The molecule has 0 aliphatic carbocycles. The maximum absolute atomic E-state index is 12.8. The van der Waals surface area contributed by atoms with Gasteiger partial charge in [0.15, 0.2) is 5.69 Å². The van der Waals surface area contributed by atoms with Crippen LogP contribution in [0.1, 0.15) is 40.2 Å². The molecule has 1 aliphatic heterocycles. The number of amides is 1. The molecule has 0 unspecified atom stereocenters. The third-order valence-corrected chi connectivity index (χ3v) is 6.22. The first-order valence-corrected chi connectivity index (χ1v) is 10.7. The molecule has 0 spiro atoms. The second-order valence-corrected chi connectivity index (χ2v) is 8.66. The number of likely N-dealkylation sites (tertiary alicyclic amines) is 1. The summed E-state index contributed by atoms with van der Waals surface area (Å²) in [5.74, 6) is -0.472. The first kappa shape index (κ1) is 22.6. The molecule has 2 N–H and O–H groups in total. The predicted molar refractivity (Wildman–Crippen MR) is 121 cm³/mol. The molecule has 3 heterocycles. The summed E-state index contributed by atoms with van der Waals surface area (Å²) in [5.41, 5.74) is 2.59. The molecule has 1 saturated heterocycles. The molecule has 1 fully saturated rings. The highest BCUT2D eigenvalue weighted by molar-refractivity contribution is 6.37. The van der Waals surface area contributed by atoms with E-state index in [-0.39, 0.29) is 28.0 Å². The van der Waals surface area contributed by atoms with Gasteiger partial charge in [0.1, 0.15) is 5.15 Å². The minimum atomic E-state index is -0.472. The van der Waals surface area contributed by atoms with Crippen molar-refractivity contribution in [1.82, 2.24) is 20.2 Å². The summed E-state index contributed by atoms with van der Waals surface area (Å²) in [4.78, 5) is 36.3. The summed E-state index contributed by atoms with van der Waals surface area (Å²) >= 11 is 12.8. The van der Waals surface area contributed by atoms with Crippen LogP contribution >= 0.6 is 23.2 Å². The molecule has 9 heteroatoms. The van der Waals surface area contributed by atoms with Gasteiger partial charge < -0.3 is 20.1 Å². The summed E-state index contributed by atoms with van der Waals surface area (Å²) in [5, 5.41) is 3.20. The van der Waals surface area contributed by atoms with E-state index in [1.807, 2.05) is 27.0 Å². The maximum atomic E-state index is 12.8. The van der Waals surface area contributed by atoms with Crippen LogP contribution in [0.25, 0.3) is 0 Å². The highest BCUT2D eigenvalue weighted by atomic mass is 35.5. The minimum Gasteiger partial charge on any atom is -0.370 e. The van der Waals surface area contributed by atoms with Gasteiger partial charge in [0, 0.05) is 37.0 Å². The van der Waals surface area contributed by atoms with Crippen LogP contribution < -0.4 is 15.8 Å². The highest BCUT2D eigenvalue weighted by Gasteiger charge is 2.25. The molecule has 7 nitrogen and oxygen atoms in total. The number of aromatic nitrogens is 2. The second-order valence-electron chi connectivity index (χ2n) is 7.90. The third-order valence-electron chi connectivity index (χ3n) is 5.66. The van der Waals surface area contributed by atoms with E-state index in [1.165, 1.54) is 0 Å². The van der Waals surface area contributed by atoms with Crippen molar-refractivity contribution in [1.29, 1.82) is 0 Å². The van der Waals surface area contributed by atoms with Crippen molar-refractivity contribution >= 4 is 34.8 Å². The van der Waals surface area contributed by atoms with E-state index in [0.717, 1.165) is 37.2 Å². The molecule has 0 saturated carbocycles. The van der Waals surface area contributed by atoms with Crippen LogP contribution in [0.5, 0.6) is 0 Å². The molecule has 1 aliphatic rings. The van der Waals surface area contributed by atoms with Gasteiger partial charge in [-0.1, -0.05) is 23.2 Å². The summed E-state index contributed by atoms with van der Waals surface area (Å²) in [7, 11) is 4.07. The Labute approximate surface area is 186 Å². The van der Waals surface area contributed by atoms with Crippen LogP contribution in [0.4, 0.5) is 5.69 Å². The number of anilines is 1. The van der Waals surface area contributed by atoms with Gasteiger partial charge in [-0.15, -0.1) is 0 Å². The van der Waals surface area contributed by atoms with Gasteiger partial charge in [-0.25, -0.2) is 4.98 Å². The maximum Gasteiger partial charge on any atom is 0.271 e. The molecule has 0 bridgehead atoms. The number of piperidine rings is 1. The Hall–Kier alpha value is -2.09. The third kappa shape index (κ3) is 4.96. The topological polar surface area (TPSA) is 81.3 Å². The van der Waals surface area contributed by atoms with E-state index in [2.05, 4.69) is 32.1 Å². The van der Waals surface area contributed by atoms with E-state index < -0.39 is 5.91 Å². The molecule has 2 aromatic rings. The average Bonchev–Trinajstić information content (AvgIpc) is 2.68. The van der Waals surface area contributed by atoms with Crippen LogP contribution in [0.2, 0.25) is 10.2 Å². The van der Waals surface area contributed by atoms with Crippen molar-refractivity contribution in [3.63, 3.8) is 0 Å². The number of pyridine rings is 2. The summed E-state index contributed by atoms with van der Waals surface area (Å²) < 4.78 is 0. The van der Waals surface area contributed by atoms with E-state index in [4.69, 9.17) is 23.2 Å². The largest absolute Gasteiger partial charge is 0.370 e. The van der Waals surface area contributed by atoms with E-state index in [0.29, 0.717) is 17.3 Å². The van der Waals surface area contributed by atoms with Crippen LogP contribution in [0, 0.1) is 13.8 Å². The lowest BCUT2D eigenvalue weighted by Crippen LogP contribution is -2.42. The Balaban J connectivity index is 1.81. The van der Waals surface area contributed by atoms with Crippen molar-refractivity contribution < 1.29 is 4.79 Å². The fourth-order valence-corrected chi connectivity index (χ4v) is 4.33. The van der Waals surface area contributed by atoms with Gasteiger partial charge in [-0.2, -0.15) is 0 Å². The number of nitrogens with zero attached hydrogens (tertiary/aromatic N) is 3. The van der Waals surface area contributed by atoms with Crippen molar-refractivity contribution in [2.75, 3.05) is 32.1 Å². The number of H-pyrrole nitrogens is 1. The van der Waals surface area contributed by atoms with Crippen molar-refractivity contribution in [3.05, 3.63) is 55.2 Å². The quantitative estimate of drug-likeness (QED) is 0.682. The van der Waals surface area contributed by atoms with Crippen LogP contribution in [-0.4, -0.2) is 54.0 Å². The van der Waals surface area contributed by atoms with Gasteiger partial charge in [-0.05, 0) is 58.5 Å². The number of carbonyl (C=O) groups excluding carboxylic acids is 1. The fraction of sp³-hybridized carbons (Fsp3) is 0.476. The normalized spacial score (nSPS) is 15.3. The predicted octanol–water partition coefficient (Wildman–Crippen LogP) is 3.15. The summed E-state index contributed by atoms with van der Waals surface area (Å²) in [6, 6.07) is 3.86. The number of hydrogen-bond donors (Lipinski definition) is 2. The van der Waals surface area contributed by atoms with Crippen LogP contribution in [0.3, 0.4) is 0 Å². The van der Waals surface area contributed by atoms with Crippen molar-refractivity contribution in [2.45, 2.75) is 39.3 Å². The number of aromatic amines is 1. The summed E-state index contributed by atoms with van der Waals surface area (Å²) in [6.45, 7) is 5.73. The van der Waals surface area contributed by atoms with Crippen molar-refractivity contribution in [2.24, 2.45) is 0 Å². The van der Waals surface area contributed by atoms with Crippen molar-refractivity contribution in [3.8, 4) is 0 Å². The Bertz CT molecular complexity index is 1000. The first-order valence-electron chi connectivity index (χ1n) is 9.92. The number of hydrogen-bond acceptors (Lipinski definition) is 5. The molecule has 0 radical (unpaired) electrons. The molecule has 162 valence electrons. The standard InChI is InChI=1S/C21H27Cl2N5O2/c1-12-9-13(2)25-20(29)15(12)11-24-21(30)19-18(23)16(10-17(22)26-19)28(4)14-5-7-27(3)8-6-14/h9-10,14H,5-8,11H2,1-4H3,(H,24,30)(H,25,29). The Morgan fingerprint density at radius 2 is 1.97 bits per heavy atom. The number of carbonyl (C=O) groups is 1. The first-order chi connectivity index (χ1) is 14.2. The monoisotopic (exact) mass is 451 g/mol. The van der Waals surface area contributed by atoms with Gasteiger partial charge in [-0.3, -0.25) is 9.59 Å². The zero-order valence-corrected chi connectivity index (χ0v) is 19.2. The SMILES string of the molecule is Cc1cc(C)c(CNC(=O)c2nc(Cl)cc(N(C)C3CCN(C)CC3)c2Cl)c(=O)[nH]1. The number of aryl methyl sites for hydroxylation is 2. The zero-order chi connectivity index (χ0) is 22.0. The van der Waals surface area contributed by atoms with Gasteiger partial charge >= 0.3 is 0 Å². The fourth-order valence-electron chi connectivity index (χ4n) is 3.83. The Morgan fingerprint density at radius 1 is 1.30 bits per heavy atom. The van der Waals surface area contributed by atoms with E-state index in [9.17, 15) is 9.59 Å². The Kier molecular flexibility index (Phi) is 7.06. The molecule has 0 atom stereocenters. The van der Waals surface area contributed by atoms with Crippen LogP contribution in [-0.2, 0) is 6.54 Å². The lowest BCUT2D eigenvalue weighted by atomic mass is 10.0. The molecule has 2 aromatic heterocycles.